The highest BCUT2D eigenvalue weighted by molar-refractivity contribution is 6.30. The van der Waals surface area contributed by atoms with E-state index in [1.807, 2.05) is 25.1 Å². The molecule has 3 heterocycles. The lowest BCUT2D eigenvalue weighted by Gasteiger charge is -2.07. The molecule has 1 amide bonds. The summed E-state index contributed by atoms with van der Waals surface area (Å²) in [5, 5.41) is 3.93. The van der Waals surface area contributed by atoms with Gasteiger partial charge in [0.05, 0.1) is 5.39 Å². The summed E-state index contributed by atoms with van der Waals surface area (Å²) < 4.78 is 3.15. The normalized spacial score (nSPS) is 11.2. The van der Waals surface area contributed by atoms with Crippen LogP contribution in [0.2, 0.25) is 5.02 Å². The fraction of sp³-hybridized carbons (Fsp3) is 0.150. The molecule has 0 aliphatic heterocycles. The van der Waals surface area contributed by atoms with Crippen molar-refractivity contribution < 1.29 is 4.79 Å². The van der Waals surface area contributed by atoms with Gasteiger partial charge in [-0.1, -0.05) is 29.8 Å². The van der Waals surface area contributed by atoms with Crippen molar-refractivity contribution in [1.29, 1.82) is 0 Å². The van der Waals surface area contributed by atoms with Gasteiger partial charge in [-0.3, -0.25) is 14.0 Å². The number of halogens is 1. The molecule has 0 radical (unpaired) electrons. The van der Waals surface area contributed by atoms with Crippen molar-refractivity contribution >= 4 is 34.2 Å². The van der Waals surface area contributed by atoms with Crippen LogP contribution in [-0.4, -0.2) is 19.9 Å². The number of hydrogen-bond acceptors (Lipinski definition) is 3. The summed E-state index contributed by atoms with van der Waals surface area (Å²) in [6.45, 7) is 2.28. The van der Waals surface area contributed by atoms with Gasteiger partial charge in [-0.2, -0.15) is 0 Å². The Morgan fingerprint density at radius 1 is 1.19 bits per heavy atom. The first kappa shape index (κ1) is 17.3. The van der Waals surface area contributed by atoms with E-state index in [0.717, 1.165) is 11.1 Å². The molecule has 0 aliphatic carbocycles. The molecule has 0 spiro atoms. The zero-order valence-corrected chi connectivity index (χ0v) is 15.6. The molecule has 4 aromatic rings. The molecule has 0 aliphatic rings. The minimum atomic E-state index is -0.268. The van der Waals surface area contributed by atoms with E-state index in [0.29, 0.717) is 33.9 Å². The van der Waals surface area contributed by atoms with Crippen LogP contribution in [0.15, 0.2) is 53.5 Å². The van der Waals surface area contributed by atoms with Gasteiger partial charge in [0.25, 0.3) is 11.5 Å². The number of aromatic nitrogens is 3. The molecule has 27 heavy (non-hydrogen) atoms. The van der Waals surface area contributed by atoms with E-state index in [1.165, 1.54) is 4.40 Å². The van der Waals surface area contributed by atoms with E-state index in [2.05, 4.69) is 10.3 Å². The second-order valence-electron chi connectivity index (χ2n) is 6.49. The molecule has 3 aromatic heterocycles. The summed E-state index contributed by atoms with van der Waals surface area (Å²) in [5.41, 5.74) is 3.13. The summed E-state index contributed by atoms with van der Waals surface area (Å²) in [6.07, 6.45) is 1.75. The van der Waals surface area contributed by atoms with Crippen LogP contribution in [0.25, 0.3) is 16.7 Å². The highest BCUT2D eigenvalue weighted by Crippen LogP contribution is 2.16. The molecule has 136 valence electrons. The number of hydrogen-bond donors (Lipinski definition) is 1. The summed E-state index contributed by atoms with van der Waals surface area (Å²) in [6, 6.07) is 12.5. The number of nitrogens with zero attached hydrogens (tertiary/aromatic N) is 3. The molecular weight excluding hydrogens is 364 g/mol. The van der Waals surface area contributed by atoms with E-state index < -0.39 is 0 Å². The van der Waals surface area contributed by atoms with Crippen LogP contribution in [0.3, 0.4) is 0 Å². The van der Waals surface area contributed by atoms with E-state index in [4.69, 9.17) is 11.6 Å². The third-order valence-electron chi connectivity index (χ3n) is 4.54. The van der Waals surface area contributed by atoms with Crippen molar-refractivity contribution in [2.45, 2.75) is 13.5 Å². The predicted molar refractivity (Wildman–Crippen MR) is 105 cm³/mol. The number of aryl methyl sites for hydroxylation is 2. The lowest BCUT2D eigenvalue weighted by molar-refractivity contribution is 0.0943. The van der Waals surface area contributed by atoms with Crippen LogP contribution in [0.1, 0.15) is 21.6 Å². The number of carbonyl (C=O) groups excluding carboxylic acids is 1. The minimum absolute atomic E-state index is 0.189. The molecule has 0 saturated carbocycles. The number of amides is 1. The molecule has 1 N–H and O–H groups in total. The van der Waals surface area contributed by atoms with Crippen molar-refractivity contribution in [3.05, 3.63) is 80.9 Å². The summed E-state index contributed by atoms with van der Waals surface area (Å²) in [4.78, 5) is 30.0. The fourth-order valence-corrected chi connectivity index (χ4v) is 3.20. The molecule has 0 bridgehead atoms. The standard InChI is InChI=1S/C20H17ClN4O2/c1-12-3-8-17-23-18-15(20(27)25(17)11-12)9-16(24(18)2)19(26)22-10-13-4-6-14(21)7-5-13/h3-9,11H,10H2,1-2H3,(H,22,26). The minimum Gasteiger partial charge on any atom is -0.347 e. The van der Waals surface area contributed by atoms with E-state index in [1.54, 1.807) is 42.1 Å². The molecule has 1 aromatic carbocycles. The summed E-state index contributed by atoms with van der Waals surface area (Å²) >= 11 is 5.88. The molecule has 4 rings (SSSR count). The van der Waals surface area contributed by atoms with Gasteiger partial charge in [0.2, 0.25) is 0 Å². The maximum atomic E-state index is 12.8. The molecule has 0 fully saturated rings. The van der Waals surface area contributed by atoms with Crippen LogP contribution in [-0.2, 0) is 13.6 Å². The van der Waals surface area contributed by atoms with Gasteiger partial charge >= 0.3 is 0 Å². The zero-order valence-electron chi connectivity index (χ0n) is 14.9. The lowest BCUT2D eigenvalue weighted by Crippen LogP contribution is -2.24. The third kappa shape index (κ3) is 3.08. The van der Waals surface area contributed by atoms with Gasteiger partial charge in [0.1, 0.15) is 17.0 Å². The summed E-state index contributed by atoms with van der Waals surface area (Å²) in [5.74, 6) is -0.268. The Bertz CT molecular complexity index is 1240. The Morgan fingerprint density at radius 2 is 1.93 bits per heavy atom. The highest BCUT2D eigenvalue weighted by atomic mass is 35.5. The lowest BCUT2D eigenvalue weighted by atomic mass is 10.2. The van der Waals surface area contributed by atoms with Crippen molar-refractivity contribution in [2.24, 2.45) is 7.05 Å². The zero-order chi connectivity index (χ0) is 19.1. The summed E-state index contributed by atoms with van der Waals surface area (Å²) in [7, 11) is 1.73. The maximum absolute atomic E-state index is 12.8. The van der Waals surface area contributed by atoms with Crippen molar-refractivity contribution in [2.75, 3.05) is 0 Å². The number of carbonyl (C=O) groups is 1. The van der Waals surface area contributed by atoms with Gasteiger partial charge in [-0.05, 0) is 42.3 Å². The topological polar surface area (TPSA) is 68.4 Å². The second-order valence-corrected chi connectivity index (χ2v) is 6.92. The third-order valence-corrected chi connectivity index (χ3v) is 4.80. The van der Waals surface area contributed by atoms with Crippen molar-refractivity contribution in [1.82, 2.24) is 19.3 Å². The average Bonchev–Trinajstić information content (AvgIpc) is 2.99. The van der Waals surface area contributed by atoms with Crippen LogP contribution in [0, 0.1) is 6.92 Å². The SMILES string of the molecule is Cc1ccc2nc3c(cc(C(=O)NCc4ccc(Cl)cc4)n3C)c(=O)n2c1. The Kier molecular flexibility index (Phi) is 4.20. The van der Waals surface area contributed by atoms with Gasteiger partial charge in [0, 0.05) is 24.8 Å². The Balaban J connectivity index is 1.71. The average molecular weight is 381 g/mol. The van der Waals surface area contributed by atoms with Crippen LogP contribution < -0.4 is 10.9 Å². The quantitative estimate of drug-likeness (QED) is 0.594. The first-order chi connectivity index (χ1) is 12.9. The molecule has 7 heteroatoms. The molecular formula is C20H17ClN4O2. The van der Waals surface area contributed by atoms with E-state index >= 15 is 0 Å². The van der Waals surface area contributed by atoms with Gasteiger partial charge in [-0.15, -0.1) is 0 Å². The van der Waals surface area contributed by atoms with Crippen LogP contribution in [0.4, 0.5) is 0 Å². The van der Waals surface area contributed by atoms with Gasteiger partial charge < -0.3 is 9.88 Å². The number of rotatable bonds is 3. The van der Waals surface area contributed by atoms with Crippen molar-refractivity contribution in [3.8, 4) is 0 Å². The Labute approximate surface area is 160 Å². The van der Waals surface area contributed by atoms with Crippen LogP contribution in [0.5, 0.6) is 0 Å². The Morgan fingerprint density at radius 3 is 2.67 bits per heavy atom. The monoisotopic (exact) mass is 380 g/mol. The fourth-order valence-electron chi connectivity index (χ4n) is 3.07. The van der Waals surface area contributed by atoms with Gasteiger partial charge in [-0.25, -0.2) is 4.98 Å². The Hall–Kier alpha value is -3.12. The predicted octanol–water partition coefficient (Wildman–Crippen LogP) is 3.08. The van der Waals surface area contributed by atoms with E-state index in [9.17, 15) is 9.59 Å². The number of nitrogens with one attached hydrogen (secondary N) is 1. The van der Waals surface area contributed by atoms with Crippen molar-refractivity contribution in [3.63, 3.8) is 0 Å². The molecule has 0 unspecified atom stereocenters. The second kappa shape index (κ2) is 6.55. The number of fused-ring (bicyclic) bond motifs is 2. The largest absolute Gasteiger partial charge is 0.347 e. The van der Waals surface area contributed by atoms with Gasteiger partial charge in [0.15, 0.2) is 0 Å². The number of benzene rings is 1. The highest BCUT2D eigenvalue weighted by Gasteiger charge is 2.17. The maximum Gasteiger partial charge on any atom is 0.268 e. The smallest absolute Gasteiger partial charge is 0.268 e. The molecule has 0 saturated heterocycles. The molecule has 0 atom stereocenters. The van der Waals surface area contributed by atoms with Crippen LogP contribution >= 0.6 is 11.6 Å². The first-order valence-corrected chi connectivity index (χ1v) is 8.83. The van der Waals surface area contributed by atoms with E-state index in [-0.39, 0.29) is 11.5 Å². The first-order valence-electron chi connectivity index (χ1n) is 8.45. The molecule has 6 nitrogen and oxygen atoms in total. The number of pyridine rings is 1.